The Morgan fingerprint density at radius 3 is 2.65 bits per heavy atom. The van der Waals surface area contributed by atoms with Crippen LogP contribution in [0.2, 0.25) is 0 Å². The molecule has 0 radical (unpaired) electrons. The first-order chi connectivity index (χ1) is 11.1. The number of morpholine rings is 1. The third-order valence-electron chi connectivity index (χ3n) is 4.83. The fourth-order valence-corrected chi connectivity index (χ4v) is 3.80. The summed E-state index contributed by atoms with van der Waals surface area (Å²) in [6.07, 6.45) is 1.73. The number of carbonyl (C=O) groups excluding carboxylic acids is 1. The molecule has 1 atom stereocenters. The van der Waals surface area contributed by atoms with Crippen molar-refractivity contribution >= 4 is 6.09 Å². The number of nitrogens with zero attached hydrogens (tertiary/aromatic N) is 2. The van der Waals surface area contributed by atoms with E-state index >= 15 is 0 Å². The van der Waals surface area contributed by atoms with E-state index in [1.807, 2.05) is 0 Å². The molecular formula is C18H26N2O3. The van der Waals surface area contributed by atoms with E-state index in [0.29, 0.717) is 13.1 Å². The van der Waals surface area contributed by atoms with Crippen LogP contribution < -0.4 is 0 Å². The maximum Gasteiger partial charge on any atom is 0.409 e. The second-order valence-corrected chi connectivity index (χ2v) is 6.72. The van der Waals surface area contributed by atoms with E-state index in [9.17, 15) is 4.79 Å². The highest BCUT2D eigenvalue weighted by molar-refractivity contribution is 5.67. The maximum atomic E-state index is 11.7. The molecule has 1 unspecified atom stereocenters. The van der Waals surface area contributed by atoms with Crippen molar-refractivity contribution in [2.75, 3.05) is 33.3 Å². The van der Waals surface area contributed by atoms with Crippen molar-refractivity contribution in [2.45, 2.75) is 38.0 Å². The molecule has 0 saturated carbocycles. The van der Waals surface area contributed by atoms with Gasteiger partial charge in [-0.05, 0) is 25.3 Å². The summed E-state index contributed by atoms with van der Waals surface area (Å²) in [5.41, 5.74) is 1.21. The Morgan fingerprint density at radius 1 is 1.30 bits per heavy atom. The summed E-state index contributed by atoms with van der Waals surface area (Å²) in [6, 6.07) is 10.6. The molecule has 2 aliphatic rings. The molecule has 3 rings (SSSR count). The van der Waals surface area contributed by atoms with Gasteiger partial charge >= 0.3 is 6.09 Å². The first-order valence-electron chi connectivity index (χ1n) is 8.37. The van der Waals surface area contributed by atoms with Gasteiger partial charge in [0, 0.05) is 32.7 Å². The topological polar surface area (TPSA) is 42.0 Å². The zero-order chi connectivity index (χ0) is 16.3. The van der Waals surface area contributed by atoms with E-state index in [-0.39, 0.29) is 17.8 Å². The highest BCUT2D eigenvalue weighted by Crippen LogP contribution is 2.33. The molecule has 23 heavy (non-hydrogen) atoms. The molecule has 0 N–H and O–H groups in total. The van der Waals surface area contributed by atoms with Crippen LogP contribution in [0.15, 0.2) is 30.3 Å². The summed E-state index contributed by atoms with van der Waals surface area (Å²) < 4.78 is 11.1. The van der Waals surface area contributed by atoms with Crippen molar-refractivity contribution in [1.82, 2.24) is 9.80 Å². The summed E-state index contributed by atoms with van der Waals surface area (Å²) in [7, 11) is 1.44. The molecule has 0 aliphatic carbocycles. The average Bonchev–Trinajstić information content (AvgIpc) is 2.55. The number of methoxy groups -OCH3 is 1. The molecule has 0 aromatic heterocycles. The molecule has 1 spiro atoms. The Bertz CT molecular complexity index is 526. The second-order valence-electron chi connectivity index (χ2n) is 6.72. The Hall–Kier alpha value is -1.59. The minimum Gasteiger partial charge on any atom is -0.453 e. The third-order valence-corrected chi connectivity index (χ3v) is 4.83. The van der Waals surface area contributed by atoms with Crippen LogP contribution in [0.5, 0.6) is 0 Å². The third kappa shape index (κ3) is 3.85. The van der Waals surface area contributed by atoms with Crippen molar-refractivity contribution < 1.29 is 14.3 Å². The van der Waals surface area contributed by atoms with Crippen molar-refractivity contribution in [3.05, 3.63) is 35.9 Å². The molecule has 2 aliphatic heterocycles. The number of benzene rings is 1. The van der Waals surface area contributed by atoms with Gasteiger partial charge in [-0.1, -0.05) is 30.3 Å². The van der Waals surface area contributed by atoms with Crippen LogP contribution in [-0.4, -0.2) is 60.9 Å². The molecule has 2 fully saturated rings. The lowest BCUT2D eigenvalue weighted by atomic mass is 9.88. The van der Waals surface area contributed by atoms with Gasteiger partial charge in [-0.2, -0.15) is 0 Å². The van der Waals surface area contributed by atoms with Gasteiger partial charge in [0.15, 0.2) is 0 Å². The minimum absolute atomic E-state index is 0.128. The van der Waals surface area contributed by atoms with Gasteiger partial charge in [0.2, 0.25) is 0 Å². The van der Waals surface area contributed by atoms with Crippen LogP contribution in [0.3, 0.4) is 0 Å². The zero-order valence-corrected chi connectivity index (χ0v) is 14.0. The molecule has 2 heterocycles. The molecule has 1 aromatic rings. The van der Waals surface area contributed by atoms with Gasteiger partial charge in [0.05, 0.1) is 18.8 Å². The highest BCUT2D eigenvalue weighted by atomic mass is 16.5. The van der Waals surface area contributed by atoms with Gasteiger partial charge in [-0.3, -0.25) is 4.90 Å². The van der Waals surface area contributed by atoms with E-state index in [2.05, 4.69) is 42.2 Å². The fourth-order valence-electron chi connectivity index (χ4n) is 3.80. The second kappa shape index (κ2) is 6.89. The van der Waals surface area contributed by atoms with Gasteiger partial charge in [0.25, 0.3) is 0 Å². The summed E-state index contributed by atoms with van der Waals surface area (Å²) in [4.78, 5) is 15.9. The minimum atomic E-state index is -0.232. The van der Waals surface area contributed by atoms with E-state index in [1.54, 1.807) is 4.90 Å². The van der Waals surface area contributed by atoms with E-state index in [1.165, 1.54) is 12.7 Å². The first-order valence-corrected chi connectivity index (χ1v) is 8.37. The Labute approximate surface area is 138 Å². The van der Waals surface area contributed by atoms with Gasteiger partial charge in [-0.15, -0.1) is 0 Å². The van der Waals surface area contributed by atoms with Crippen molar-refractivity contribution in [1.29, 1.82) is 0 Å². The molecular weight excluding hydrogens is 292 g/mol. The van der Waals surface area contributed by atoms with E-state index in [0.717, 1.165) is 32.5 Å². The summed E-state index contributed by atoms with van der Waals surface area (Å²) in [5, 5.41) is 0. The fraction of sp³-hybridized carbons (Fsp3) is 0.611. The Kier molecular flexibility index (Phi) is 4.87. The summed E-state index contributed by atoms with van der Waals surface area (Å²) in [6.45, 7) is 6.40. The summed E-state index contributed by atoms with van der Waals surface area (Å²) >= 11 is 0. The number of piperidine rings is 1. The molecule has 2 saturated heterocycles. The molecule has 1 aromatic carbocycles. The molecule has 1 amide bonds. The lowest BCUT2D eigenvalue weighted by molar-refractivity contribution is -0.169. The molecule has 5 nitrogen and oxygen atoms in total. The summed E-state index contributed by atoms with van der Waals surface area (Å²) in [5.74, 6) is 0. The normalized spacial score (nSPS) is 24.6. The van der Waals surface area contributed by atoms with Crippen LogP contribution in [0.1, 0.15) is 25.3 Å². The number of likely N-dealkylation sites (tertiary alicyclic amines) is 1. The number of rotatable bonds is 2. The lowest BCUT2D eigenvalue weighted by Crippen LogP contribution is -2.59. The molecule has 0 bridgehead atoms. The highest BCUT2D eigenvalue weighted by Gasteiger charge is 2.42. The number of carbonyl (C=O) groups is 1. The standard InChI is InChI=1S/C18H26N2O3/c1-15-12-19(13-16-6-4-3-5-7-16)14-18(23-15)8-10-20(11-9-18)17(21)22-2/h3-7,15H,8-14H2,1-2H3. The quantitative estimate of drug-likeness (QED) is 0.840. The van der Waals surface area contributed by atoms with Crippen LogP contribution in [-0.2, 0) is 16.0 Å². The van der Waals surface area contributed by atoms with Crippen LogP contribution in [0, 0.1) is 0 Å². The van der Waals surface area contributed by atoms with Crippen molar-refractivity contribution in [3.8, 4) is 0 Å². The van der Waals surface area contributed by atoms with Crippen LogP contribution in [0.25, 0.3) is 0 Å². The Morgan fingerprint density at radius 2 is 2.00 bits per heavy atom. The number of amides is 1. The van der Waals surface area contributed by atoms with Gasteiger partial charge in [0.1, 0.15) is 0 Å². The maximum absolute atomic E-state index is 11.7. The first kappa shape index (κ1) is 16.3. The van der Waals surface area contributed by atoms with Crippen molar-refractivity contribution in [3.63, 3.8) is 0 Å². The lowest BCUT2D eigenvalue weighted by Gasteiger charge is -2.49. The Balaban J connectivity index is 1.63. The predicted octanol–water partition coefficient (Wildman–Crippen LogP) is 2.51. The van der Waals surface area contributed by atoms with Gasteiger partial charge in [-0.25, -0.2) is 4.79 Å². The zero-order valence-electron chi connectivity index (χ0n) is 14.0. The van der Waals surface area contributed by atoms with Crippen LogP contribution >= 0.6 is 0 Å². The molecule has 126 valence electrons. The van der Waals surface area contributed by atoms with Crippen LogP contribution in [0.4, 0.5) is 4.79 Å². The SMILES string of the molecule is COC(=O)N1CCC2(CC1)CN(Cc1ccccc1)CC(C)O2. The number of hydrogen-bond donors (Lipinski definition) is 0. The van der Waals surface area contributed by atoms with E-state index < -0.39 is 0 Å². The average molecular weight is 318 g/mol. The smallest absolute Gasteiger partial charge is 0.409 e. The predicted molar refractivity (Wildman–Crippen MR) is 88.2 cm³/mol. The van der Waals surface area contributed by atoms with Gasteiger partial charge < -0.3 is 14.4 Å². The van der Waals surface area contributed by atoms with Crippen molar-refractivity contribution in [2.24, 2.45) is 0 Å². The largest absolute Gasteiger partial charge is 0.453 e. The molecule has 5 heteroatoms. The number of ether oxygens (including phenoxy) is 2. The van der Waals surface area contributed by atoms with E-state index in [4.69, 9.17) is 9.47 Å². The monoisotopic (exact) mass is 318 g/mol. The number of hydrogen-bond acceptors (Lipinski definition) is 4.